The van der Waals surface area contributed by atoms with Crippen LogP contribution >= 0.6 is 11.3 Å². The van der Waals surface area contributed by atoms with E-state index < -0.39 is 0 Å². The van der Waals surface area contributed by atoms with Gasteiger partial charge in [-0.3, -0.25) is 4.79 Å². The van der Waals surface area contributed by atoms with Crippen LogP contribution in [0.4, 0.5) is 0 Å². The Hall–Kier alpha value is -0.910. The second-order valence-electron chi connectivity index (χ2n) is 5.75. The van der Waals surface area contributed by atoms with Crippen molar-refractivity contribution in [2.75, 3.05) is 32.8 Å². The highest BCUT2D eigenvalue weighted by Crippen LogP contribution is 2.31. The van der Waals surface area contributed by atoms with Crippen LogP contribution < -0.4 is 5.32 Å². The van der Waals surface area contributed by atoms with E-state index in [2.05, 4.69) is 5.32 Å². The van der Waals surface area contributed by atoms with Crippen LogP contribution in [0.25, 0.3) is 0 Å². The summed E-state index contributed by atoms with van der Waals surface area (Å²) in [7, 11) is 0. The van der Waals surface area contributed by atoms with Gasteiger partial charge >= 0.3 is 0 Å². The number of likely N-dealkylation sites (tertiary alicyclic amines) is 1. The number of thiophene rings is 1. The Balaban J connectivity index is 1.53. The van der Waals surface area contributed by atoms with Crippen molar-refractivity contribution in [3.8, 4) is 0 Å². The van der Waals surface area contributed by atoms with Gasteiger partial charge in [0.05, 0.1) is 18.1 Å². The van der Waals surface area contributed by atoms with Crippen LogP contribution in [0.3, 0.4) is 0 Å². The first-order chi connectivity index (χ1) is 9.31. The van der Waals surface area contributed by atoms with E-state index in [0.29, 0.717) is 18.4 Å². The largest absolute Gasteiger partial charge is 0.376 e. The Kier molecular flexibility index (Phi) is 2.86. The molecule has 1 aromatic heterocycles. The standard InChI is InChI=1S/C14H18N2O2S/c17-14(16-6-10-4-15-5-11(10)7-16)13-3-9-8-18-2-1-12(9)19-13/h3,10-11,15H,1-2,4-8H2/t10-,11+. The van der Waals surface area contributed by atoms with E-state index in [1.54, 1.807) is 11.3 Å². The van der Waals surface area contributed by atoms with Crippen molar-refractivity contribution in [2.45, 2.75) is 13.0 Å². The predicted molar refractivity (Wildman–Crippen MR) is 73.4 cm³/mol. The van der Waals surface area contributed by atoms with Crippen LogP contribution in [-0.4, -0.2) is 43.6 Å². The smallest absolute Gasteiger partial charge is 0.263 e. The Bertz CT molecular complexity index is 478. The molecule has 0 bridgehead atoms. The van der Waals surface area contributed by atoms with Crippen LogP contribution in [0, 0.1) is 11.8 Å². The molecule has 2 atom stereocenters. The van der Waals surface area contributed by atoms with Crippen molar-refractivity contribution >= 4 is 17.2 Å². The molecule has 0 aliphatic carbocycles. The normalized spacial score (nSPS) is 29.4. The maximum atomic E-state index is 12.6. The summed E-state index contributed by atoms with van der Waals surface area (Å²) in [6.07, 6.45) is 0.961. The van der Waals surface area contributed by atoms with Gasteiger partial charge in [-0.25, -0.2) is 0 Å². The fourth-order valence-electron chi connectivity index (χ4n) is 3.43. The third kappa shape index (κ3) is 2.00. The molecule has 19 heavy (non-hydrogen) atoms. The molecule has 102 valence electrons. The average molecular weight is 278 g/mol. The first kappa shape index (κ1) is 11.9. The third-order valence-electron chi connectivity index (χ3n) is 4.52. The number of fused-ring (bicyclic) bond motifs is 2. The number of carbonyl (C=O) groups is 1. The summed E-state index contributed by atoms with van der Waals surface area (Å²) in [6, 6.07) is 2.05. The first-order valence-electron chi connectivity index (χ1n) is 7.00. The lowest BCUT2D eigenvalue weighted by atomic mass is 10.0. The number of nitrogens with zero attached hydrogens (tertiary/aromatic N) is 1. The molecule has 1 amide bonds. The zero-order valence-electron chi connectivity index (χ0n) is 10.9. The Morgan fingerprint density at radius 1 is 1.37 bits per heavy atom. The van der Waals surface area contributed by atoms with Crippen LogP contribution in [0.2, 0.25) is 0 Å². The molecule has 0 saturated carbocycles. The van der Waals surface area contributed by atoms with E-state index in [9.17, 15) is 4.79 Å². The molecular weight excluding hydrogens is 260 g/mol. The lowest BCUT2D eigenvalue weighted by molar-refractivity contribution is 0.0786. The number of hydrogen-bond donors (Lipinski definition) is 1. The van der Waals surface area contributed by atoms with Gasteiger partial charge in [0.15, 0.2) is 0 Å². The van der Waals surface area contributed by atoms with Gasteiger partial charge in [0, 0.05) is 37.5 Å². The van der Waals surface area contributed by atoms with Crippen molar-refractivity contribution in [2.24, 2.45) is 11.8 Å². The number of rotatable bonds is 1. The summed E-state index contributed by atoms with van der Waals surface area (Å²) in [6.45, 7) is 5.46. The summed E-state index contributed by atoms with van der Waals surface area (Å²) in [5.41, 5.74) is 1.22. The van der Waals surface area contributed by atoms with E-state index in [1.807, 2.05) is 11.0 Å². The lowest BCUT2D eigenvalue weighted by Crippen LogP contribution is -2.31. The van der Waals surface area contributed by atoms with Gasteiger partial charge in [-0.05, 0) is 23.5 Å². The fourth-order valence-corrected chi connectivity index (χ4v) is 4.55. The van der Waals surface area contributed by atoms with Crippen molar-refractivity contribution in [1.29, 1.82) is 0 Å². The van der Waals surface area contributed by atoms with Gasteiger partial charge in [0.25, 0.3) is 5.91 Å². The maximum absolute atomic E-state index is 12.6. The second kappa shape index (κ2) is 4.58. The van der Waals surface area contributed by atoms with Crippen LogP contribution in [-0.2, 0) is 17.8 Å². The summed E-state index contributed by atoms with van der Waals surface area (Å²) in [5.74, 6) is 1.57. The lowest BCUT2D eigenvalue weighted by Gasteiger charge is -2.16. The van der Waals surface area contributed by atoms with Crippen molar-refractivity contribution in [3.63, 3.8) is 0 Å². The van der Waals surface area contributed by atoms with Gasteiger partial charge in [-0.15, -0.1) is 11.3 Å². The molecule has 1 aromatic rings. The van der Waals surface area contributed by atoms with Crippen LogP contribution in [0.15, 0.2) is 6.07 Å². The number of hydrogen-bond acceptors (Lipinski definition) is 4. The average Bonchev–Trinajstić information content (AvgIpc) is 3.10. The number of carbonyl (C=O) groups excluding carboxylic acids is 1. The summed E-state index contributed by atoms with van der Waals surface area (Å²) >= 11 is 1.67. The van der Waals surface area contributed by atoms with Crippen molar-refractivity contribution in [3.05, 3.63) is 21.4 Å². The Morgan fingerprint density at radius 3 is 2.89 bits per heavy atom. The van der Waals surface area contributed by atoms with E-state index in [-0.39, 0.29) is 5.91 Å². The van der Waals surface area contributed by atoms with Gasteiger partial charge in [-0.2, -0.15) is 0 Å². The second-order valence-corrected chi connectivity index (χ2v) is 6.89. The molecule has 3 aliphatic heterocycles. The van der Waals surface area contributed by atoms with Crippen LogP contribution in [0.1, 0.15) is 20.1 Å². The summed E-state index contributed by atoms with van der Waals surface area (Å²) < 4.78 is 5.45. The molecule has 1 N–H and O–H groups in total. The maximum Gasteiger partial charge on any atom is 0.263 e. The molecular formula is C14H18N2O2S. The molecule has 2 fully saturated rings. The molecule has 4 nitrogen and oxygen atoms in total. The minimum atomic E-state index is 0.230. The topological polar surface area (TPSA) is 41.6 Å². The Morgan fingerprint density at radius 2 is 2.16 bits per heavy atom. The zero-order valence-corrected chi connectivity index (χ0v) is 11.7. The molecule has 3 aliphatic rings. The van der Waals surface area contributed by atoms with Gasteiger partial charge in [-0.1, -0.05) is 0 Å². The van der Waals surface area contributed by atoms with Gasteiger partial charge in [0.2, 0.25) is 0 Å². The van der Waals surface area contributed by atoms with Gasteiger partial charge in [0.1, 0.15) is 0 Å². The number of nitrogens with one attached hydrogen (secondary N) is 1. The molecule has 0 radical (unpaired) electrons. The number of ether oxygens (including phenoxy) is 1. The Labute approximate surface area is 116 Å². The molecule has 0 unspecified atom stereocenters. The van der Waals surface area contributed by atoms with Crippen molar-refractivity contribution in [1.82, 2.24) is 10.2 Å². The molecule has 0 spiro atoms. The highest BCUT2D eigenvalue weighted by Gasteiger charge is 2.38. The fraction of sp³-hybridized carbons (Fsp3) is 0.643. The molecule has 4 rings (SSSR count). The molecule has 4 heterocycles. The van der Waals surface area contributed by atoms with E-state index in [0.717, 1.165) is 44.1 Å². The summed E-state index contributed by atoms with van der Waals surface area (Å²) in [5, 5.41) is 3.41. The third-order valence-corrected chi connectivity index (χ3v) is 5.74. The highest BCUT2D eigenvalue weighted by atomic mass is 32.1. The first-order valence-corrected chi connectivity index (χ1v) is 7.82. The van der Waals surface area contributed by atoms with E-state index in [1.165, 1.54) is 10.4 Å². The van der Waals surface area contributed by atoms with E-state index >= 15 is 0 Å². The minimum absolute atomic E-state index is 0.230. The highest BCUT2D eigenvalue weighted by molar-refractivity contribution is 7.14. The monoisotopic (exact) mass is 278 g/mol. The molecule has 5 heteroatoms. The van der Waals surface area contributed by atoms with E-state index in [4.69, 9.17) is 4.74 Å². The molecule has 0 aromatic carbocycles. The van der Waals surface area contributed by atoms with Crippen molar-refractivity contribution < 1.29 is 9.53 Å². The zero-order chi connectivity index (χ0) is 12.8. The number of amides is 1. The molecule has 2 saturated heterocycles. The predicted octanol–water partition coefficient (Wildman–Crippen LogP) is 1.11. The quantitative estimate of drug-likeness (QED) is 0.837. The SMILES string of the molecule is O=C(c1cc2c(s1)CCOC2)N1C[C@H]2CNC[C@H]2C1. The van der Waals surface area contributed by atoms with Crippen LogP contribution in [0.5, 0.6) is 0 Å². The van der Waals surface area contributed by atoms with Gasteiger partial charge < -0.3 is 15.0 Å². The minimum Gasteiger partial charge on any atom is -0.376 e. The summed E-state index contributed by atoms with van der Waals surface area (Å²) in [4.78, 5) is 16.9.